The maximum atomic E-state index is 12.7. The predicted octanol–water partition coefficient (Wildman–Crippen LogP) is 4.63. The highest BCUT2D eigenvalue weighted by Crippen LogP contribution is 2.21. The molecule has 1 N–H and O–H groups in total. The van der Waals surface area contributed by atoms with Crippen LogP contribution >= 0.6 is 0 Å². The van der Waals surface area contributed by atoms with Crippen molar-refractivity contribution in [1.29, 1.82) is 0 Å². The number of carbonyl (C=O) groups excluding carboxylic acids is 1. The lowest BCUT2D eigenvalue weighted by Crippen LogP contribution is -2.33. The van der Waals surface area contributed by atoms with Gasteiger partial charge in [0.1, 0.15) is 11.8 Å². The fourth-order valence-electron chi connectivity index (χ4n) is 3.05. The maximum absolute atomic E-state index is 12.7. The molecule has 0 aliphatic carbocycles. The molecule has 1 atom stereocenters. The van der Waals surface area contributed by atoms with Gasteiger partial charge in [-0.2, -0.15) is 5.10 Å². The third-order valence-corrected chi connectivity index (χ3v) is 4.88. The largest absolute Gasteiger partial charge is 0.494 e. The van der Waals surface area contributed by atoms with Crippen molar-refractivity contribution in [3.8, 4) is 17.0 Å². The van der Waals surface area contributed by atoms with Gasteiger partial charge in [-0.1, -0.05) is 26.0 Å². The zero-order valence-corrected chi connectivity index (χ0v) is 17.8. The van der Waals surface area contributed by atoms with Gasteiger partial charge in [0, 0.05) is 17.3 Å². The molecule has 0 saturated heterocycles. The van der Waals surface area contributed by atoms with Crippen molar-refractivity contribution in [1.82, 2.24) is 9.78 Å². The first-order chi connectivity index (χ1) is 14.4. The van der Waals surface area contributed by atoms with Crippen molar-refractivity contribution >= 4 is 11.6 Å². The number of rotatable bonds is 7. The Bertz CT molecular complexity index is 1050. The first kappa shape index (κ1) is 21.3. The molecule has 1 heterocycles. The van der Waals surface area contributed by atoms with Crippen molar-refractivity contribution in [3.05, 3.63) is 76.6 Å². The van der Waals surface area contributed by atoms with Crippen LogP contribution in [-0.2, 0) is 4.79 Å². The summed E-state index contributed by atoms with van der Waals surface area (Å²) < 4.78 is 6.67. The zero-order chi connectivity index (χ0) is 21.7. The molecule has 1 unspecified atom stereocenters. The summed E-state index contributed by atoms with van der Waals surface area (Å²) in [6, 6.07) is 17.5. The summed E-state index contributed by atoms with van der Waals surface area (Å²) in [5.74, 6) is 0.887. The van der Waals surface area contributed by atoms with Gasteiger partial charge in [-0.15, -0.1) is 0 Å². The van der Waals surface area contributed by atoms with Crippen LogP contribution in [0.3, 0.4) is 0 Å². The van der Waals surface area contributed by atoms with Crippen LogP contribution in [0, 0.1) is 0 Å². The van der Waals surface area contributed by atoms with Gasteiger partial charge < -0.3 is 10.1 Å². The molecule has 156 valence electrons. The Balaban J connectivity index is 1.79. The first-order valence-electron chi connectivity index (χ1n) is 10.1. The van der Waals surface area contributed by atoms with E-state index in [0.29, 0.717) is 23.9 Å². The van der Waals surface area contributed by atoms with Gasteiger partial charge in [0.05, 0.1) is 12.3 Å². The summed E-state index contributed by atoms with van der Waals surface area (Å²) in [5.41, 5.74) is 3.00. The van der Waals surface area contributed by atoms with Crippen LogP contribution in [-0.4, -0.2) is 22.3 Å². The molecule has 6 nitrogen and oxygen atoms in total. The number of nitrogens with one attached hydrogen (secondary N) is 1. The molecule has 0 fully saturated rings. The van der Waals surface area contributed by atoms with E-state index in [-0.39, 0.29) is 11.5 Å². The molecule has 0 radical (unpaired) electrons. The van der Waals surface area contributed by atoms with Gasteiger partial charge in [0.25, 0.3) is 5.56 Å². The van der Waals surface area contributed by atoms with E-state index in [1.165, 1.54) is 16.3 Å². The minimum atomic E-state index is -0.759. The molecular weight excluding hydrogens is 378 g/mol. The van der Waals surface area contributed by atoms with E-state index < -0.39 is 6.04 Å². The minimum Gasteiger partial charge on any atom is -0.494 e. The van der Waals surface area contributed by atoms with E-state index in [1.807, 2.05) is 55.5 Å². The van der Waals surface area contributed by atoms with Crippen molar-refractivity contribution in [3.63, 3.8) is 0 Å². The predicted molar refractivity (Wildman–Crippen MR) is 119 cm³/mol. The molecule has 3 rings (SSSR count). The van der Waals surface area contributed by atoms with E-state index in [2.05, 4.69) is 24.3 Å². The van der Waals surface area contributed by atoms with Crippen molar-refractivity contribution in [2.24, 2.45) is 0 Å². The lowest BCUT2D eigenvalue weighted by molar-refractivity contribution is -0.119. The second-order valence-electron chi connectivity index (χ2n) is 7.40. The molecule has 6 heteroatoms. The fraction of sp³-hybridized carbons (Fsp3) is 0.292. The highest BCUT2D eigenvalue weighted by molar-refractivity contribution is 5.93. The molecule has 0 saturated carbocycles. The summed E-state index contributed by atoms with van der Waals surface area (Å²) in [7, 11) is 0. The van der Waals surface area contributed by atoms with E-state index in [9.17, 15) is 9.59 Å². The SMILES string of the molecule is CCOc1ccc(-c2ccc(=O)n(C(C)C(=O)Nc3ccc(C(C)C)cc3)n2)cc1. The Morgan fingerprint density at radius 2 is 1.67 bits per heavy atom. The minimum absolute atomic E-state index is 0.300. The lowest BCUT2D eigenvalue weighted by Gasteiger charge is -2.15. The fourth-order valence-corrected chi connectivity index (χ4v) is 3.05. The van der Waals surface area contributed by atoms with E-state index in [1.54, 1.807) is 13.0 Å². The monoisotopic (exact) mass is 405 g/mol. The van der Waals surface area contributed by atoms with Gasteiger partial charge in [-0.3, -0.25) is 9.59 Å². The standard InChI is InChI=1S/C24H27N3O3/c1-5-30-21-12-8-19(9-13-21)22-14-15-23(28)27(26-22)17(4)24(29)25-20-10-6-18(7-11-20)16(2)3/h6-17H,5H2,1-4H3,(H,25,29). The Morgan fingerprint density at radius 1 is 1.00 bits per heavy atom. The molecule has 0 bridgehead atoms. The second-order valence-corrected chi connectivity index (χ2v) is 7.40. The average Bonchev–Trinajstić information content (AvgIpc) is 2.75. The molecule has 30 heavy (non-hydrogen) atoms. The summed E-state index contributed by atoms with van der Waals surface area (Å²) in [4.78, 5) is 25.1. The Hall–Kier alpha value is -3.41. The lowest BCUT2D eigenvalue weighted by atomic mass is 10.0. The average molecular weight is 405 g/mol. The molecule has 0 aliphatic rings. The summed E-state index contributed by atoms with van der Waals surface area (Å²) in [5, 5.41) is 7.28. The van der Waals surface area contributed by atoms with E-state index >= 15 is 0 Å². The molecule has 1 amide bonds. The highest BCUT2D eigenvalue weighted by Gasteiger charge is 2.18. The number of benzene rings is 2. The normalized spacial score (nSPS) is 11.9. The van der Waals surface area contributed by atoms with Crippen molar-refractivity contribution < 1.29 is 9.53 Å². The number of nitrogens with zero attached hydrogens (tertiary/aromatic N) is 2. The first-order valence-corrected chi connectivity index (χ1v) is 10.1. The van der Waals surface area contributed by atoms with Crippen LogP contribution in [0.4, 0.5) is 5.69 Å². The summed E-state index contributed by atoms with van der Waals surface area (Å²) in [6.45, 7) is 8.41. The van der Waals surface area contributed by atoms with Crippen LogP contribution < -0.4 is 15.6 Å². The molecular formula is C24H27N3O3. The van der Waals surface area contributed by atoms with Crippen LogP contribution in [0.2, 0.25) is 0 Å². The van der Waals surface area contributed by atoms with Crippen LogP contribution in [0.1, 0.15) is 45.2 Å². The van der Waals surface area contributed by atoms with Crippen LogP contribution in [0.5, 0.6) is 5.75 Å². The van der Waals surface area contributed by atoms with Crippen molar-refractivity contribution in [2.75, 3.05) is 11.9 Å². The molecule has 3 aromatic rings. The Morgan fingerprint density at radius 3 is 2.27 bits per heavy atom. The summed E-state index contributed by atoms with van der Waals surface area (Å²) >= 11 is 0. The third-order valence-electron chi connectivity index (χ3n) is 4.88. The number of aromatic nitrogens is 2. The number of carbonyl (C=O) groups is 1. The molecule has 2 aromatic carbocycles. The smallest absolute Gasteiger partial charge is 0.267 e. The Kier molecular flexibility index (Phi) is 6.67. The number of hydrogen-bond acceptors (Lipinski definition) is 4. The number of anilines is 1. The molecule has 0 aliphatic heterocycles. The number of amides is 1. The van der Waals surface area contributed by atoms with Crippen LogP contribution in [0.25, 0.3) is 11.3 Å². The van der Waals surface area contributed by atoms with Gasteiger partial charge in [0.2, 0.25) is 5.91 Å². The van der Waals surface area contributed by atoms with Gasteiger partial charge >= 0.3 is 0 Å². The van der Waals surface area contributed by atoms with Crippen LogP contribution in [0.15, 0.2) is 65.5 Å². The zero-order valence-electron chi connectivity index (χ0n) is 17.8. The van der Waals surface area contributed by atoms with E-state index in [4.69, 9.17) is 4.74 Å². The highest BCUT2D eigenvalue weighted by atomic mass is 16.5. The topological polar surface area (TPSA) is 73.2 Å². The van der Waals surface area contributed by atoms with Gasteiger partial charge in [-0.05, 0) is 67.8 Å². The quantitative estimate of drug-likeness (QED) is 0.622. The molecule has 1 aromatic heterocycles. The van der Waals surface area contributed by atoms with Gasteiger partial charge in [0.15, 0.2) is 0 Å². The third kappa shape index (κ3) is 4.95. The van der Waals surface area contributed by atoms with E-state index in [0.717, 1.165) is 11.3 Å². The maximum Gasteiger partial charge on any atom is 0.267 e. The van der Waals surface area contributed by atoms with Crippen molar-refractivity contribution in [2.45, 2.75) is 39.7 Å². The number of hydrogen-bond donors (Lipinski definition) is 1. The molecule has 0 spiro atoms. The summed E-state index contributed by atoms with van der Waals surface area (Å²) in [6.07, 6.45) is 0. The Labute approximate surface area is 176 Å². The number of ether oxygens (including phenoxy) is 1. The second kappa shape index (κ2) is 9.39. The van der Waals surface area contributed by atoms with Gasteiger partial charge in [-0.25, -0.2) is 4.68 Å².